The number of anilines is 4. The molecule has 1 saturated heterocycles. The van der Waals surface area contributed by atoms with Crippen LogP contribution in [0.5, 0.6) is 17.2 Å². The summed E-state index contributed by atoms with van der Waals surface area (Å²) in [5.41, 5.74) is 4.51. The molecule has 1 fully saturated rings. The van der Waals surface area contributed by atoms with Crippen LogP contribution in [0.3, 0.4) is 0 Å². The Hall–Kier alpha value is -4.12. The lowest BCUT2D eigenvalue weighted by Crippen LogP contribution is -2.37. The Morgan fingerprint density at radius 1 is 0.912 bits per heavy atom. The number of morpholine rings is 1. The van der Waals surface area contributed by atoms with Gasteiger partial charge in [0, 0.05) is 24.3 Å². The van der Waals surface area contributed by atoms with Gasteiger partial charge in [0.2, 0.25) is 23.6 Å². The van der Waals surface area contributed by atoms with Crippen LogP contribution in [0.2, 0.25) is 0 Å². The molecule has 0 spiro atoms. The number of methoxy groups -OCH3 is 3. The van der Waals surface area contributed by atoms with Gasteiger partial charge < -0.3 is 29.2 Å². The van der Waals surface area contributed by atoms with E-state index in [2.05, 4.69) is 35.7 Å². The predicted octanol–water partition coefficient (Wildman–Crippen LogP) is 2.92. The monoisotopic (exact) mass is 465 g/mol. The second kappa shape index (κ2) is 11.1. The van der Waals surface area contributed by atoms with Gasteiger partial charge in [-0.3, -0.25) is 0 Å². The third-order valence-corrected chi connectivity index (χ3v) is 5.01. The lowest BCUT2D eigenvalue weighted by Gasteiger charge is -2.27. The van der Waals surface area contributed by atoms with E-state index in [1.165, 1.54) is 0 Å². The minimum atomic E-state index is 0.304. The quantitative estimate of drug-likeness (QED) is 0.361. The number of rotatable bonds is 9. The van der Waals surface area contributed by atoms with Crippen LogP contribution in [0.1, 0.15) is 5.56 Å². The first-order valence-electron chi connectivity index (χ1n) is 10.7. The molecule has 11 nitrogen and oxygen atoms in total. The fourth-order valence-corrected chi connectivity index (χ4v) is 3.37. The molecule has 0 saturated carbocycles. The first kappa shape index (κ1) is 23.1. The molecule has 2 aromatic carbocycles. The second-order valence-corrected chi connectivity index (χ2v) is 7.20. The van der Waals surface area contributed by atoms with Crippen molar-refractivity contribution in [3.8, 4) is 17.2 Å². The molecule has 0 unspecified atom stereocenters. The van der Waals surface area contributed by atoms with Crippen LogP contribution in [-0.4, -0.2) is 68.8 Å². The van der Waals surface area contributed by atoms with Crippen molar-refractivity contribution in [1.29, 1.82) is 0 Å². The fourth-order valence-electron chi connectivity index (χ4n) is 3.37. The van der Waals surface area contributed by atoms with Crippen LogP contribution in [0, 0.1) is 0 Å². The molecule has 0 radical (unpaired) electrons. The van der Waals surface area contributed by atoms with Gasteiger partial charge in [-0.15, -0.1) is 0 Å². The number of hydrogen-bond acceptors (Lipinski definition) is 11. The molecular formula is C23H27N7O4. The molecule has 11 heteroatoms. The normalized spacial score (nSPS) is 13.6. The number of nitrogens with zero attached hydrogens (tertiary/aromatic N) is 5. The zero-order chi connectivity index (χ0) is 23.8. The number of para-hydroxylation sites is 1. The van der Waals surface area contributed by atoms with Crippen molar-refractivity contribution in [2.75, 3.05) is 63.3 Å². The SMILES string of the molecule is COc1cc(/C=N\Nc2nc(Nc3ccccc3)nc(N3CCOCC3)n2)cc(OC)c1OC. The van der Waals surface area contributed by atoms with Crippen LogP contribution in [0.15, 0.2) is 47.6 Å². The molecule has 1 aliphatic heterocycles. The topological polar surface area (TPSA) is 115 Å². The summed E-state index contributed by atoms with van der Waals surface area (Å²) in [6.45, 7) is 2.64. The maximum Gasteiger partial charge on any atom is 0.250 e. The van der Waals surface area contributed by atoms with Crippen LogP contribution in [0.25, 0.3) is 0 Å². The molecule has 0 aliphatic carbocycles. The molecule has 2 heterocycles. The van der Waals surface area contributed by atoms with E-state index < -0.39 is 0 Å². The molecule has 178 valence electrons. The molecule has 0 atom stereocenters. The Morgan fingerprint density at radius 2 is 1.59 bits per heavy atom. The van der Waals surface area contributed by atoms with Crippen molar-refractivity contribution in [3.63, 3.8) is 0 Å². The van der Waals surface area contributed by atoms with Crippen LogP contribution in [-0.2, 0) is 4.74 Å². The summed E-state index contributed by atoms with van der Waals surface area (Å²) in [7, 11) is 4.69. The Morgan fingerprint density at radius 3 is 2.24 bits per heavy atom. The van der Waals surface area contributed by atoms with E-state index in [4.69, 9.17) is 18.9 Å². The maximum absolute atomic E-state index is 5.45. The highest BCUT2D eigenvalue weighted by Gasteiger charge is 2.17. The Labute approximate surface area is 197 Å². The van der Waals surface area contributed by atoms with E-state index in [1.807, 2.05) is 30.3 Å². The van der Waals surface area contributed by atoms with Crippen LogP contribution in [0.4, 0.5) is 23.5 Å². The fraction of sp³-hybridized carbons (Fsp3) is 0.304. The molecule has 2 N–H and O–H groups in total. The van der Waals surface area contributed by atoms with Gasteiger partial charge >= 0.3 is 0 Å². The van der Waals surface area contributed by atoms with Gasteiger partial charge in [0.05, 0.1) is 40.8 Å². The molecular weight excluding hydrogens is 438 g/mol. The summed E-state index contributed by atoms with van der Waals surface area (Å²) in [5.74, 6) is 2.84. The Kier molecular flexibility index (Phi) is 7.56. The predicted molar refractivity (Wildman–Crippen MR) is 130 cm³/mol. The number of nitrogens with one attached hydrogen (secondary N) is 2. The number of benzene rings is 2. The van der Waals surface area contributed by atoms with Crippen LogP contribution < -0.4 is 29.9 Å². The Balaban J connectivity index is 1.58. The molecule has 3 aromatic rings. The van der Waals surface area contributed by atoms with Gasteiger partial charge in [-0.2, -0.15) is 20.1 Å². The lowest BCUT2D eigenvalue weighted by molar-refractivity contribution is 0.122. The largest absolute Gasteiger partial charge is 0.493 e. The minimum Gasteiger partial charge on any atom is -0.493 e. The van der Waals surface area contributed by atoms with E-state index in [1.54, 1.807) is 39.7 Å². The Bertz CT molecular complexity index is 1100. The zero-order valence-corrected chi connectivity index (χ0v) is 19.3. The second-order valence-electron chi connectivity index (χ2n) is 7.20. The van der Waals surface area contributed by atoms with Crippen molar-refractivity contribution < 1.29 is 18.9 Å². The number of ether oxygens (including phenoxy) is 4. The van der Waals surface area contributed by atoms with E-state index in [9.17, 15) is 0 Å². The molecule has 0 amide bonds. The average molecular weight is 466 g/mol. The molecule has 0 bridgehead atoms. The smallest absolute Gasteiger partial charge is 0.250 e. The highest BCUT2D eigenvalue weighted by molar-refractivity contribution is 5.83. The van der Waals surface area contributed by atoms with Gasteiger partial charge in [0.25, 0.3) is 0 Å². The molecule has 1 aromatic heterocycles. The summed E-state index contributed by atoms with van der Waals surface area (Å²) in [4.78, 5) is 15.6. The minimum absolute atomic E-state index is 0.304. The van der Waals surface area contributed by atoms with Crippen molar-refractivity contribution >= 4 is 29.7 Å². The molecule has 4 rings (SSSR count). The number of hydrazone groups is 1. The first-order valence-corrected chi connectivity index (χ1v) is 10.7. The summed E-state index contributed by atoms with van der Waals surface area (Å²) in [6, 6.07) is 13.3. The lowest BCUT2D eigenvalue weighted by atomic mass is 10.2. The standard InChI is InChI=1S/C23H27N7O4/c1-31-18-13-16(14-19(32-2)20(18)33-3)15-24-29-22-26-21(25-17-7-5-4-6-8-17)27-23(28-22)30-9-11-34-12-10-30/h4-8,13-15H,9-12H2,1-3H3,(H2,25,26,27,28,29)/b24-15-. The van der Waals surface area contributed by atoms with E-state index in [0.29, 0.717) is 61.4 Å². The average Bonchev–Trinajstić information content (AvgIpc) is 2.89. The molecule has 1 aliphatic rings. The first-order chi connectivity index (χ1) is 16.7. The van der Waals surface area contributed by atoms with Gasteiger partial charge in [0.1, 0.15) is 0 Å². The van der Waals surface area contributed by atoms with Crippen molar-refractivity contribution in [1.82, 2.24) is 15.0 Å². The summed E-state index contributed by atoms with van der Waals surface area (Å²) in [5, 5.41) is 7.52. The van der Waals surface area contributed by atoms with Crippen molar-refractivity contribution in [2.24, 2.45) is 5.10 Å². The number of aromatic nitrogens is 3. The number of hydrogen-bond donors (Lipinski definition) is 2. The van der Waals surface area contributed by atoms with Gasteiger partial charge in [0.15, 0.2) is 11.5 Å². The summed E-state index contributed by atoms with van der Waals surface area (Å²) in [6.07, 6.45) is 1.62. The van der Waals surface area contributed by atoms with Crippen LogP contribution >= 0.6 is 0 Å². The zero-order valence-electron chi connectivity index (χ0n) is 19.3. The van der Waals surface area contributed by atoms with E-state index in [0.717, 1.165) is 11.3 Å². The highest BCUT2D eigenvalue weighted by atomic mass is 16.5. The summed E-state index contributed by atoms with van der Waals surface area (Å²) >= 11 is 0. The van der Waals surface area contributed by atoms with Gasteiger partial charge in [-0.05, 0) is 24.3 Å². The maximum atomic E-state index is 5.45. The van der Waals surface area contributed by atoms with Crippen molar-refractivity contribution in [3.05, 3.63) is 48.0 Å². The molecule has 34 heavy (non-hydrogen) atoms. The van der Waals surface area contributed by atoms with E-state index >= 15 is 0 Å². The third kappa shape index (κ3) is 5.62. The summed E-state index contributed by atoms with van der Waals surface area (Å²) < 4.78 is 21.6. The highest BCUT2D eigenvalue weighted by Crippen LogP contribution is 2.37. The van der Waals surface area contributed by atoms with E-state index in [-0.39, 0.29) is 0 Å². The van der Waals surface area contributed by atoms with Crippen molar-refractivity contribution in [2.45, 2.75) is 0 Å². The third-order valence-electron chi connectivity index (χ3n) is 5.01. The van der Waals surface area contributed by atoms with Gasteiger partial charge in [-0.1, -0.05) is 18.2 Å². The van der Waals surface area contributed by atoms with Gasteiger partial charge in [-0.25, -0.2) is 5.43 Å².